The number of furan rings is 1. The highest BCUT2D eigenvalue weighted by molar-refractivity contribution is 7.17. The molecule has 0 radical (unpaired) electrons. The molecule has 0 spiro atoms. The summed E-state index contributed by atoms with van der Waals surface area (Å²) >= 11 is 1.36. The molecule has 0 saturated carbocycles. The molecule has 9 nitrogen and oxygen atoms in total. The first-order chi connectivity index (χ1) is 17.1. The summed E-state index contributed by atoms with van der Waals surface area (Å²) in [5.74, 6) is 2.19. The number of nitrogens with one attached hydrogen (secondary N) is 2. The third-order valence-corrected chi connectivity index (χ3v) is 7.19. The van der Waals surface area contributed by atoms with Gasteiger partial charge in [0.25, 0.3) is 5.56 Å². The number of hydrogen-bond acceptors (Lipinski definition) is 8. The van der Waals surface area contributed by atoms with Gasteiger partial charge in [0.2, 0.25) is 11.9 Å². The lowest BCUT2D eigenvalue weighted by Gasteiger charge is -2.32. The van der Waals surface area contributed by atoms with Crippen LogP contribution in [-0.2, 0) is 11.3 Å². The number of fused-ring (bicyclic) bond motifs is 1. The number of H-pyrrole nitrogens is 1. The molecule has 3 aromatic heterocycles. The zero-order chi connectivity index (χ0) is 24.4. The number of amides is 1. The van der Waals surface area contributed by atoms with Crippen molar-refractivity contribution in [3.8, 4) is 22.6 Å². The van der Waals surface area contributed by atoms with Crippen LogP contribution >= 0.6 is 11.3 Å². The number of carbonyl (C=O) groups excluding carboxylic acids is 1. The molecule has 0 aliphatic carbocycles. The maximum Gasteiger partial charge on any atom is 0.270 e. The van der Waals surface area contributed by atoms with E-state index in [9.17, 15) is 9.59 Å². The van der Waals surface area contributed by atoms with E-state index in [-0.39, 0.29) is 17.4 Å². The fourth-order valence-corrected chi connectivity index (χ4v) is 5.30. The first-order valence-corrected chi connectivity index (χ1v) is 12.2. The Hall–Kier alpha value is -3.79. The van der Waals surface area contributed by atoms with Crippen LogP contribution in [-0.4, -0.2) is 43.2 Å². The van der Waals surface area contributed by atoms with E-state index >= 15 is 0 Å². The van der Waals surface area contributed by atoms with Crippen molar-refractivity contribution in [2.24, 2.45) is 5.92 Å². The van der Waals surface area contributed by atoms with Crippen LogP contribution in [0.5, 0.6) is 11.5 Å². The van der Waals surface area contributed by atoms with Gasteiger partial charge in [0.1, 0.15) is 10.5 Å². The van der Waals surface area contributed by atoms with Gasteiger partial charge >= 0.3 is 0 Å². The number of nitrogens with zero attached hydrogens (tertiary/aromatic N) is 2. The van der Waals surface area contributed by atoms with Crippen LogP contribution in [0.4, 0.5) is 5.95 Å². The van der Waals surface area contributed by atoms with Crippen molar-refractivity contribution in [3.63, 3.8) is 0 Å². The number of benzene rings is 1. The maximum absolute atomic E-state index is 12.9. The topological polar surface area (TPSA) is 110 Å². The number of piperidine rings is 1. The van der Waals surface area contributed by atoms with E-state index in [1.807, 2.05) is 34.5 Å². The van der Waals surface area contributed by atoms with Gasteiger partial charge in [0.05, 0.1) is 38.5 Å². The average molecular weight is 495 g/mol. The Balaban J connectivity index is 1.41. The van der Waals surface area contributed by atoms with Crippen molar-refractivity contribution in [2.75, 3.05) is 32.2 Å². The predicted molar refractivity (Wildman–Crippen MR) is 134 cm³/mol. The monoisotopic (exact) mass is 494 g/mol. The number of aromatic nitrogens is 2. The highest BCUT2D eigenvalue weighted by Gasteiger charge is 2.28. The predicted octanol–water partition coefficient (Wildman–Crippen LogP) is 3.79. The second-order valence-corrected chi connectivity index (χ2v) is 9.25. The van der Waals surface area contributed by atoms with Gasteiger partial charge in [0.15, 0.2) is 11.5 Å². The summed E-state index contributed by atoms with van der Waals surface area (Å²) in [5.41, 5.74) is 2.17. The minimum absolute atomic E-state index is 0.0314. The second kappa shape index (κ2) is 9.83. The van der Waals surface area contributed by atoms with Gasteiger partial charge < -0.3 is 24.1 Å². The fraction of sp³-hybridized carbons (Fsp3) is 0.320. The average Bonchev–Trinajstić information content (AvgIpc) is 3.57. The molecule has 1 saturated heterocycles. The summed E-state index contributed by atoms with van der Waals surface area (Å²) in [6, 6.07) is 9.26. The molecule has 1 fully saturated rings. The van der Waals surface area contributed by atoms with Crippen molar-refractivity contribution in [1.82, 2.24) is 15.3 Å². The number of methoxy groups -OCH3 is 2. The smallest absolute Gasteiger partial charge is 0.270 e. The molecule has 2 N–H and O–H groups in total. The number of ether oxygens (including phenoxy) is 2. The second-order valence-electron chi connectivity index (χ2n) is 8.37. The summed E-state index contributed by atoms with van der Waals surface area (Å²) in [7, 11) is 3.18. The Morgan fingerprint density at radius 3 is 2.91 bits per heavy atom. The number of thiophene rings is 1. The Labute approximate surface area is 205 Å². The molecule has 10 heteroatoms. The number of anilines is 1. The van der Waals surface area contributed by atoms with E-state index in [0.717, 1.165) is 24.0 Å². The first-order valence-electron chi connectivity index (χ1n) is 11.4. The van der Waals surface area contributed by atoms with E-state index in [1.165, 1.54) is 11.3 Å². The summed E-state index contributed by atoms with van der Waals surface area (Å²) < 4.78 is 16.6. The van der Waals surface area contributed by atoms with Crippen molar-refractivity contribution >= 4 is 33.4 Å². The third kappa shape index (κ3) is 4.61. The Kier molecular flexibility index (Phi) is 6.45. The molecule has 1 amide bonds. The van der Waals surface area contributed by atoms with Gasteiger partial charge in [-0.15, -0.1) is 11.3 Å². The highest BCUT2D eigenvalue weighted by Crippen LogP contribution is 2.37. The summed E-state index contributed by atoms with van der Waals surface area (Å²) in [6.07, 6.45) is 3.19. The van der Waals surface area contributed by atoms with Crippen LogP contribution in [0.2, 0.25) is 0 Å². The van der Waals surface area contributed by atoms with E-state index in [0.29, 0.717) is 53.1 Å². The molecule has 0 unspecified atom stereocenters. The summed E-state index contributed by atoms with van der Waals surface area (Å²) in [4.78, 5) is 35.4. The van der Waals surface area contributed by atoms with Crippen LogP contribution in [0.25, 0.3) is 21.3 Å². The largest absolute Gasteiger partial charge is 0.493 e. The van der Waals surface area contributed by atoms with Gasteiger partial charge in [0, 0.05) is 24.0 Å². The van der Waals surface area contributed by atoms with E-state index < -0.39 is 0 Å². The lowest BCUT2D eigenvalue weighted by molar-refractivity contribution is -0.125. The molecule has 1 atom stereocenters. The molecule has 1 aromatic carbocycles. The Morgan fingerprint density at radius 1 is 1.29 bits per heavy atom. The van der Waals surface area contributed by atoms with E-state index in [2.05, 4.69) is 10.3 Å². The lowest BCUT2D eigenvalue weighted by Crippen LogP contribution is -2.43. The first kappa shape index (κ1) is 23.0. The van der Waals surface area contributed by atoms with Crippen molar-refractivity contribution in [3.05, 3.63) is 58.1 Å². The third-order valence-electron chi connectivity index (χ3n) is 6.22. The van der Waals surface area contributed by atoms with Gasteiger partial charge in [-0.25, -0.2) is 4.98 Å². The molecule has 35 heavy (non-hydrogen) atoms. The molecule has 0 bridgehead atoms. The van der Waals surface area contributed by atoms with E-state index in [4.69, 9.17) is 18.9 Å². The number of rotatable bonds is 7. The van der Waals surface area contributed by atoms with Crippen molar-refractivity contribution in [2.45, 2.75) is 19.4 Å². The normalized spacial score (nSPS) is 15.8. The Morgan fingerprint density at radius 2 is 2.14 bits per heavy atom. The zero-order valence-corrected chi connectivity index (χ0v) is 20.3. The number of hydrogen-bond donors (Lipinski definition) is 2. The quantitative estimate of drug-likeness (QED) is 0.402. The van der Waals surface area contributed by atoms with Gasteiger partial charge in [-0.3, -0.25) is 14.6 Å². The van der Waals surface area contributed by atoms with Gasteiger partial charge in [-0.1, -0.05) is 6.07 Å². The zero-order valence-electron chi connectivity index (χ0n) is 19.5. The standard InChI is InChI=1S/C25H26N4O5S/c1-32-19-8-7-15(11-20(19)33-2)18-14-35-22-21(18)27-25(28-24(22)31)29-9-3-5-16(13-29)23(30)26-12-17-6-4-10-34-17/h4,6-8,10-11,14,16H,3,5,9,12-13H2,1-2H3,(H,26,30)(H,27,28,31)/t16-/m0/s1. The molecule has 4 heterocycles. The minimum Gasteiger partial charge on any atom is -0.493 e. The summed E-state index contributed by atoms with van der Waals surface area (Å²) in [6.45, 7) is 1.55. The maximum atomic E-state index is 12.9. The lowest BCUT2D eigenvalue weighted by atomic mass is 9.97. The number of carbonyl (C=O) groups is 1. The minimum atomic E-state index is -0.201. The van der Waals surface area contributed by atoms with Crippen LogP contribution in [0.1, 0.15) is 18.6 Å². The Bertz CT molecular complexity index is 1390. The van der Waals surface area contributed by atoms with Crippen LogP contribution in [0, 0.1) is 5.92 Å². The summed E-state index contributed by atoms with van der Waals surface area (Å²) in [5, 5.41) is 4.87. The molecule has 1 aliphatic heterocycles. The SMILES string of the molecule is COc1ccc(-c2csc3c(=O)[nH]c(N4CCC[C@H](C(=O)NCc5ccco5)C4)nc23)cc1OC. The fourth-order valence-electron chi connectivity index (χ4n) is 4.39. The highest BCUT2D eigenvalue weighted by atomic mass is 32.1. The molecule has 182 valence electrons. The molecule has 5 rings (SSSR count). The molecular formula is C25H26N4O5S. The molecule has 1 aliphatic rings. The van der Waals surface area contributed by atoms with Crippen molar-refractivity contribution in [1.29, 1.82) is 0 Å². The number of aromatic amines is 1. The van der Waals surface area contributed by atoms with Crippen molar-refractivity contribution < 1.29 is 18.7 Å². The van der Waals surface area contributed by atoms with Crippen LogP contribution < -0.4 is 25.2 Å². The molecule has 4 aromatic rings. The van der Waals surface area contributed by atoms with Gasteiger partial charge in [-0.2, -0.15) is 0 Å². The van der Waals surface area contributed by atoms with Gasteiger partial charge in [-0.05, 0) is 42.7 Å². The van der Waals surface area contributed by atoms with Crippen LogP contribution in [0.15, 0.2) is 51.2 Å². The molecular weight excluding hydrogens is 468 g/mol. The van der Waals surface area contributed by atoms with Crippen LogP contribution in [0.3, 0.4) is 0 Å². The van der Waals surface area contributed by atoms with E-state index in [1.54, 1.807) is 26.5 Å².